The molecule has 170 valence electrons. The van der Waals surface area contributed by atoms with Crippen LogP contribution < -0.4 is 4.74 Å². The second-order valence-electron chi connectivity index (χ2n) is 7.91. The van der Waals surface area contributed by atoms with Gasteiger partial charge < -0.3 is 19.5 Å². The molecule has 1 amide bonds. The zero-order chi connectivity index (χ0) is 23.4. The lowest BCUT2D eigenvalue weighted by Crippen LogP contribution is -2.31. The lowest BCUT2D eigenvalue weighted by Gasteiger charge is -2.25. The zero-order valence-corrected chi connectivity index (χ0v) is 18.8. The summed E-state index contributed by atoms with van der Waals surface area (Å²) in [6.07, 6.45) is 0.571. The molecule has 6 heteroatoms. The van der Waals surface area contributed by atoms with E-state index in [1.165, 1.54) is 4.90 Å². The van der Waals surface area contributed by atoms with Gasteiger partial charge in [0.25, 0.3) is 11.7 Å². The molecule has 1 atom stereocenters. The smallest absolute Gasteiger partial charge is 0.295 e. The third kappa shape index (κ3) is 4.47. The fourth-order valence-electron chi connectivity index (χ4n) is 4.27. The molecule has 1 aliphatic rings. The Morgan fingerprint density at radius 1 is 1.00 bits per heavy atom. The van der Waals surface area contributed by atoms with Crippen molar-refractivity contribution in [3.8, 4) is 5.75 Å². The van der Waals surface area contributed by atoms with Gasteiger partial charge in [-0.25, -0.2) is 0 Å². The normalized spacial score (nSPS) is 17.6. The minimum Gasteiger partial charge on any atom is -0.507 e. The SMILES string of the molecule is CCOc1cccc(C2/C(=C(/O)c3ccc4ccccc4c3)C(=O)C(=O)N2CCCOC)c1. The highest BCUT2D eigenvalue weighted by Crippen LogP contribution is 2.40. The molecule has 0 aromatic heterocycles. The van der Waals surface area contributed by atoms with Gasteiger partial charge in [0.2, 0.25) is 0 Å². The number of nitrogens with zero attached hydrogens (tertiary/aromatic N) is 1. The van der Waals surface area contributed by atoms with Crippen LogP contribution in [-0.2, 0) is 14.3 Å². The summed E-state index contributed by atoms with van der Waals surface area (Å²) in [5.41, 5.74) is 1.29. The average molecular weight is 446 g/mol. The maximum atomic E-state index is 13.1. The number of aliphatic hydroxyl groups is 1. The van der Waals surface area contributed by atoms with Crippen LogP contribution in [0.1, 0.15) is 30.5 Å². The van der Waals surface area contributed by atoms with E-state index in [1.807, 2.05) is 67.6 Å². The van der Waals surface area contributed by atoms with Crippen LogP contribution in [0.15, 0.2) is 72.3 Å². The predicted molar refractivity (Wildman–Crippen MR) is 127 cm³/mol. The van der Waals surface area contributed by atoms with E-state index >= 15 is 0 Å². The molecular weight excluding hydrogens is 418 g/mol. The lowest BCUT2D eigenvalue weighted by molar-refractivity contribution is -0.140. The Morgan fingerprint density at radius 3 is 2.55 bits per heavy atom. The number of Topliss-reactive ketones (excluding diaryl/α,β-unsaturated/α-hetero) is 1. The lowest BCUT2D eigenvalue weighted by atomic mass is 9.94. The molecule has 4 rings (SSSR count). The quantitative estimate of drug-likeness (QED) is 0.235. The van der Waals surface area contributed by atoms with Crippen molar-refractivity contribution in [2.75, 3.05) is 26.9 Å². The van der Waals surface area contributed by atoms with Gasteiger partial charge in [0.05, 0.1) is 18.2 Å². The van der Waals surface area contributed by atoms with Crippen molar-refractivity contribution in [2.24, 2.45) is 0 Å². The first-order valence-electron chi connectivity index (χ1n) is 11.0. The van der Waals surface area contributed by atoms with Crippen LogP contribution in [0.25, 0.3) is 16.5 Å². The average Bonchev–Trinajstić information content (AvgIpc) is 3.09. The maximum absolute atomic E-state index is 13.1. The first kappa shape index (κ1) is 22.6. The van der Waals surface area contributed by atoms with Crippen molar-refractivity contribution in [3.05, 3.63) is 83.4 Å². The van der Waals surface area contributed by atoms with E-state index in [9.17, 15) is 14.7 Å². The number of benzene rings is 3. The molecule has 1 fully saturated rings. The largest absolute Gasteiger partial charge is 0.507 e. The van der Waals surface area contributed by atoms with E-state index in [1.54, 1.807) is 13.2 Å². The van der Waals surface area contributed by atoms with Gasteiger partial charge in [0.15, 0.2) is 0 Å². The minimum atomic E-state index is -0.714. The molecule has 3 aromatic rings. The van der Waals surface area contributed by atoms with E-state index in [0.717, 1.165) is 10.8 Å². The Kier molecular flexibility index (Phi) is 6.75. The van der Waals surface area contributed by atoms with Crippen molar-refractivity contribution < 1.29 is 24.2 Å². The highest BCUT2D eigenvalue weighted by atomic mass is 16.5. The van der Waals surface area contributed by atoms with Crippen LogP contribution in [-0.4, -0.2) is 48.6 Å². The molecule has 0 radical (unpaired) electrons. The second kappa shape index (κ2) is 9.88. The monoisotopic (exact) mass is 445 g/mol. The van der Waals surface area contributed by atoms with Gasteiger partial charge in [-0.2, -0.15) is 0 Å². The molecule has 1 unspecified atom stereocenters. The summed E-state index contributed by atoms with van der Waals surface area (Å²) in [7, 11) is 1.59. The van der Waals surface area contributed by atoms with Crippen molar-refractivity contribution in [3.63, 3.8) is 0 Å². The fraction of sp³-hybridized carbons (Fsp3) is 0.259. The number of ether oxygens (including phenoxy) is 2. The third-order valence-corrected chi connectivity index (χ3v) is 5.80. The standard InChI is InChI=1S/C27H27NO5/c1-3-33-22-11-6-10-20(17-22)24-23(26(30)27(31)28(24)14-7-15-32-2)25(29)21-13-12-18-8-4-5-9-19(18)16-21/h4-6,8-13,16-17,24,29H,3,7,14-15H2,1-2H3/b25-23-. The number of hydrogen-bond acceptors (Lipinski definition) is 5. The molecule has 6 nitrogen and oxygen atoms in total. The van der Waals surface area contributed by atoms with Gasteiger partial charge in [-0.05, 0) is 47.9 Å². The van der Waals surface area contributed by atoms with Gasteiger partial charge in [0, 0.05) is 25.8 Å². The van der Waals surface area contributed by atoms with E-state index in [4.69, 9.17) is 9.47 Å². The number of carbonyl (C=O) groups is 2. The van der Waals surface area contributed by atoms with Gasteiger partial charge >= 0.3 is 0 Å². The summed E-state index contributed by atoms with van der Waals surface area (Å²) >= 11 is 0. The number of rotatable bonds is 8. The minimum absolute atomic E-state index is 0.0846. The molecular formula is C27H27NO5. The summed E-state index contributed by atoms with van der Waals surface area (Å²) in [5.74, 6) is -0.853. The number of carbonyl (C=O) groups excluding carboxylic acids is 2. The van der Waals surface area contributed by atoms with Crippen molar-refractivity contribution in [1.82, 2.24) is 4.90 Å². The molecule has 1 aliphatic heterocycles. The molecule has 1 heterocycles. The molecule has 3 aromatic carbocycles. The highest BCUT2D eigenvalue weighted by Gasteiger charge is 2.45. The number of likely N-dealkylation sites (tertiary alicyclic amines) is 1. The number of amides is 1. The zero-order valence-electron chi connectivity index (χ0n) is 18.8. The third-order valence-electron chi connectivity index (χ3n) is 5.80. The van der Waals surface area contributed by atoms with Crippen LogP contribution in [0, 0.1) is 0 Å². The molecule has 0 bridgehead atoms. The van der Waals surface area contributed by atoms with Crippen LogP contribution in [0.3, 0.4) is 0 Å². The fourth-order valence-corrected chi connectivity index (χ4v) is 4.27. The Bertz CT molecular complexity index is 1220. The van der Waals surface area contributed by atoms with Gasteiger partial charge in [-0.3, -0.25) is 9.59 Å². The summed E-state index contributed by atoms with van der Waals surface area (Å²) in [6, 6.07) is 19.9. The number of methoxy groups -OCH3 is 1. The van der Waals surface area contributed by atoms with Gasteiger partial charge in [0.1, 0.15) is 11.5 Å². The number of hydrogen-bond donors (Lipinski definition) is 1. The number of ketones is 1. The summed E-state index contributed by atoms with van der Waals surface area (Å²) in [5, 5.41) is 13.2. The van der Waals surface area contributed by atoms with E-state index in [0.29, 0.717) is 43.1 Å². The van der Waals surface area contributed by atoms with Crippen molar-refractivity contribution in [1.29, 1.82) is 0 Å². The molecule has 1 saturated heterocycles. The summed E-state index contributed by atoms with van der Waals surface area (Å²) < 4.78 is 10.8. The molecule has 1 N–H and O–H groups in total. The summed E-state index contributed by atoms with van der Waals surface area (Å²) in [4.78, 5) is 27.7. The van der Waals surface area contributed by atoms with Crippen LogP contribution in [0.5, 0.6) is 5.75 Å². The molecule has 0 saturated carbocycles. The number of aliphatic hydroxyl groups excluding tert-OH is 1. The van der Waals surface area contributed by atoms with Gasteiger partial charge in [-0.1, -0.05) is 48.5 Å². The molecule has 0 aliphatic carbocycles. The van der Waals surface area contributed by atoms with Gasteiger partial charge in [-0.15, -0.1) is 0 Å². The Balaban J connectivity index is 1.84. The summed E-state index contributed by atoms with van der Waals surface area (Å²) in [6.45, 7) is 3.17. The highest BCUT2D eigenvalue weighted by molar-refractivity contribution is 6.46. The Morgan fingerprint density at radius 2 is 1.79 bits per heavy atom. The topological polar surface area (TPSA) is 76.1 Å². The van der Waals surface area contributed by atoms with Crippen LogP contribution >= 0.6 is 0 Å². The van der Waals surface area contributed by atoms with E-state index in [-0.39, 0.29) is 11.3 Å². The molecule has 0 spiro atoms. The van der Waals surface area contributed by atoms with Crippen molar-refractivity contribution >= 4 is 28.2 Å². The van der Waals surface area contributed by atoms with E-state index < -0.39 is 17.7 Å². The van der Waals surface area contributed by atoms with E-state index in [2.05, 4.69) is 0 Å². The van der Waals surface area contributed by atoms with Crippen LogP contribution in [0.4, 0.5) is 0 Å². The predicted octanol–water partition coefficient (Wildman–Crippen LogP) is 4.70. The Hall–Kier alpha value is -3.64. The van der Waals surface area contributed by atoms with Crippen molar-refractivity contribution in [2.45, 2.75) is 19.4 Å². The first-order valence-corrected chi connectivity index (χ1v) is 11.0. The van der Waals surface area contributed by atoms with Crippen LogP contribution in [0.2, 0.25) is 0 Å². The number of fused-ring (bicyclic) bond motifs is 1. The second-order valence-corrected chi connectivity index (χ2v) is 7.91. The maximum Gasteiger partial charge on any atom is 0.295 e. The first-order chi connectivity index (χ1) is 16.0. The Labute approximate surface area is 193 Å². The molecule has 33 heavy (non-hydrogen) atoms.